The van der Waals surface area contributed by atoms with Crippen LogP contribution in [0.1, 0.15) is 32.9 Å². The van der Waals surface area contributed by atoms with Gasteiger partial charge in [-0.2, -0.15) is 13.2 Å². The number of halogens is 4. The van der Waals surface area contributed by atoms with Gasteiger partial charge in [0.2, 0.25) is 5.78 Å². The number of anilines is 1. The lowest BCUT2D eigenvalue weighted by Crippen LogP contribution is -2.29. The Balaban J connectivity index is 1.78. The van der Waals surface area contributed by atoms with E-state index in [2.05, 4.69) is 0 Å². The fourth-order valence-electron chi connectivity index (χ4n) is 3.18. The van der Waals surface area contributed by atoms with E-state index >= 15 is 0 Å². The number of nitrogens with one attached hydrogen (secondary N) is 1. The number of hydrogen-bond donors (Lipinski definition) is 1. The summed E-state index contributed by atoms with van der Waals surface area (Å²) in [6, 6.07) is 14.7. The van der Waals surface area contributed by atoms with E-state index < -0.39 is 12.1 Å². The lowest BCUT2D eigenvalue weighted by Gasteiger charge is -2.10. The van der Waals surface area contributed by atoms with Gasteiger partial charge in [0, 0.05) is 35.4 Å². The first-order valence-corrected chi connectivity index (χ1v) is 9.36. The predicted octanol–water partition coefficient (Wildman–Crippen LogP) is 5.31. The summed E-state index contributed by atoms with van der Waals surface area (Å²) in [5.41, 5.74) is 3.66. The van der Waals surface area contributed by atoms with Crippen molar-refractivity contribution in [1.29, 1.82) is 0 Å². The molecule has 0 aliphatic heterocycles. The molecule has 3 rings (SSSR count). The molecule has 3 aromatic rings. The molecule has 0 saturated heterocycles. The zero-order valence-electron chi connectivity index (χ0n) is 16.2. The maximum atomic E-state index is 12.9. The zero-order valence-corrected chi connectivity index (χ0v) is 16.9. The molecular weight excluding hydrogens is 417 g/mol. The zero-order chi connectivity index (χ0) is 22.1. The molecule has 0 aliphatic rings. The van der Waals surface area contributed by atoms with E-state index in [1.165, 1.54) is 12.1 Å². The molecule has 0 bridgehead atoms. The summed E-state index contributed by atoms with van der Waals surface area (Å²) < 4.78 is 38.8. The molecule has 2 aromatic carbocycles. The fourth-order valence-corrected chi connectivity index (χ4v) is 3.31. The van der Waals surface area contributed by atoms with Gasteiger partial charge in [-0.25, -0.2) is 0 Å². The second-order valence-electron chi connectivity index (χ2n) is 6.89. The lowest BCUT2D eigenvalue weighted by atomic mass is 10.1. The van der Waals surface area contributed by atoms with Gasteiger partial charge in [-0.1, -0.05) is 23.7 Å². The van der Waals surface area contributed by atoms with Gasteiger partial charge in [0.1, 0.15) is 0 Å². The highest BCUT2D eigenvalue weighted by Crippen LogP contribution is 2.23. The Bertz CT molecular complexity index is 1090. The van der Waals surface area contributed by atoms with Crippen molar-refractivity contribution < 1.29 is 22.8 Å². The molecular formula is C22H18ClF3N2O2. The van der Waals surface area contributed by atoms with E-state index in [1.54, 1.807) is 43.4 Å². The van der Waals surface area contributed by atoms with Crippen molar-refractivity contribution in [3.63, 3.8) is 0 Å². The quantitative estimate of drug-likeness (QED) is 0.553. The van der Waals surface area contributed by atoms with Crippen LogP contribution in [-0.4, -0.2) is 22.4 Å². The summed E-state index contributed by atoms with van der Waals surface area (Å²) in [7, 11) is 1.80. The molecule has 1 heterocycles. The van der Waals surface area contributed by atoms with Gasteiger partial charge in [-0.05, 0) is 60.5 Å². The van der Waals surface area contributed by atoms with Gasteiger partial charge < -0.3 is 9.88 Å². The van der Waals surface area contributed by atoms with Crippen molar-refractivity contribution in [2.24, 2.45) is 7.05 Å². The molecule has 0 saturated carbocycles. The van der Waals surface area contributed by atoms with Gasteiger partial charge in [0.05, 0.1) is 5.69 Å². The Kier molecular flexibility index (Phi) is 6.03. The van der Waals surface area contributed by atoms with Crippen molar-refractivity contribution in [2.75, 3.05) is 5.32 Å². The van der Waals surface area contributed by atoms with Crippen LogP contribution in [0.3, 0.4) is 0 Å². The third-order valence-electron chi connectivity index (χ3n) is 4.70. The Hall–Kier alpha value is -3.06. The summed E-state index contributed by atoms with van der Waals surface area (Å²) in [5.74, 6) is -2.14. The SMILES string of the molecule is Cc1cc(Cc2ccc(NC(=O)C(F)(F)F)cc2)n(C)c1C(=O)c1ccc(Cl)cc1. The monoisotopic (exact) mass is 434 g/mol. The lowest BCUT2D eigenvalue weighted by molar-refractivity contribution is -0.167. The van der Waals surface area contributed by atoms with Crippen molar-refractivity contribution in [2.45, 2.75) is 19.5 Å². The summed E-state index contributed by atoms with van der Waals surface area (Å²) in [6.07, 6.45) is -4.47. The number of aromatic nitrogens is 1. The first kappa shape index (κ1) is 21.6. The standard InChI is InChI=1S/C22H18ClF3N2O2/c1-13-11-18(28(2)19(13)20(29)15-5-7-16(23)8-6-15)12-14-3-9-17(10-4-14)27-21(30)22(24,25)26/h3-11H,12H2,1-2H3,(H,27,30). The van der Waals surface area contributed by atoms with Crippen LogP contribution in [0, 0.1) is 6.92 Å². The van der Waals surface area contributed by atoms with Crippen LogP contribution in [0.2, 0.25) is 5.02 Å². The van der Waals surface area contributed by atoms with E-state index in [1.807, 2.05) is 22.9 Å². The van der Waals surface area contributed by atoms with Crippen molar-refractivity contribution in [3.8, 4) is 0 Å². The average Bonchev–Trinajstić information content (AvgIpc) is 2.96. The van der Waals surface area contributed by atoms with Gasteiger partial charge in [0.15, 0.2) is 0 Å². The van der Waals surface area contributed by atoms with Gasteiger partial charge in [0.25, 0.3) is 0 Å². The molecule has 0 spiro atoms. The molecule has 0 fully saturated rings. The third kappa shape index (κ3) is 4.74. The molecule has 0 aliphatic carbocycles. The summed E-state index contributed by atoms with van der Waals surface area (Å²) in [6.45, 7) is 1.85. The van der Waals surface area contributed by atoms with Crippen LogP contribution in [-0.2, 0) is 18.3 Å². The highest BCUT2D eigenvalue weighted by Gasteiger charge is 2.38. The number of carbonyl (C=O) groups excluding carboxylic acids is 2. The van der Waals surface area contributed by atoms with Gasteiger partial charge in [-0.3, -0.25) is 9.59 Å². The molecule has 30 heavy (non-hydrogen) atoms. The molecule has 0 atom stereocenters. The van der Waals surface area contributed by atoms with Crippen LogP contribution in [0.4, 0.5) is 18.9 Å². The number of aryl methyl sites for hydroxylation is 1. The van der Waals surface area contributed by atoms with Crippen molar-refractivity contribution in [3.05, 3.63) is 87.7 Å². The van der Waals surface area contributed by atoms with Crippen LogP contribution in [0.5, 0.6) is 0 Å². The number of rotatable bonds is 5. The Morgan fingerprint density at radius 1 is 1.03 bits per heavy atom. The first-order chi connectivity index (χ1) is 14.1. The minimum atomic E-state index is -4.94. The minimum Gasteiger partial charge on any atom is -0.344 e. The largest absolute Gasteiger partial charge is 0.471 e. The normalized spacial score (nSPS) is 11.4. The van der Waals surface area contributed by atoms with Crippen LogP contribution < -0.4 is 5.32 Å². The fraction of sp³-hybridized carbons (Fsp3) is 0.182. The number of nitrogens with zero attached hydrogens (tertiary/aromatic N) is 1. The Morgan fingerprint density at radius 2 is 1.63 bits per heavy atom. The maximum Gasteiger partial charge on any atom is 0.471 e. The molecule has 1 aromatic heterocycles. The Morgan fingerprint density at radius 3 is 2.20 bits per heavy atom. The van der Waals surface area contributed by atoms with Gasteiger partial charge >= 0.3 is 12.1 Å². The molecule has 156 valence electrons. The second-order valence-corrected chi connectivity index (χ2v) is 7.32. The molecule has 0 unspecified atom stereocenters. The molecule has 0 radical (unpaired) electrons. The number of benzene rings is 2. The maximum absolute atomic E-state index is 12.9. The van der Waals surface area contributed by atoms with E-state index in [4.69, 9.17) is 11.6 Å². The summed E-state index contributed by atoms with van der Waals surface area (Å²) >= 11 is 5.89. The number of ketones is 1. The van der Waals surface area contributed by atoms with Crippen LogP contribution in [0.15, 0.2) is 54.6 Å². The van der Waals surface area contributed by atoms with Crippen molar-refractivity contribution >= 4 is 29.0 Å². The second kappa shape index (κ2) is 8.36. The highest BCUT2D eigenvalue weighted by atomic mass is 35.5. The van der Waals surface area contributed by atoms with Crippen LogP contribution >= 0.6 is 11.6 Å². The van der Waals surface area contributed by atoms with E-state index in [0.29, 0.717) is 22.7 Å². The molecule has 1 N–H and O–H groups in total. The van der Waals surface area contributed by atoms with Crippen LogP contribution in [0.25, 0.3) is 0 Å². The number of hydrogen-bond acceptors (Lipinski definition) is 2. The molecule has 4 nitrogen and oxygen atoms in total. The van der Waals surface area contributed by atoms with Gasteiger partial charge in [-0.15, -0.1) is 0 Å². The summed E-state index contributed by atoms with van der Waals surface area (Å²) in [4.78, 5) is 23.9. The molecule has 8 heteroatoms. The number of carbonyl (C=O) groups is 2. The minimum absolute atomic E-state index is 0.0581. The van der Waals surface area contributed by atoms with E-state index in [9.17, 15) is 22.8 Å². The topological polar surface area (TPSA) is 51.1 Å². The van der Waals surface area contributed by atoms with E-state index in [-0.39, 0.29) is 11.5 Å². The number of amides is 1. The number of alkyl halides is 3. The van der Waals surface area contributed by atoms with E-state index in [0.717, 1.165) is 16.8 Å². The highest BCUT2D eigenvalue weighted by molar-refractivity contribution is 6.30. The summed E-state index contributed by atoms with van der Waals surface area (Å²) in [5, 5.41) is 2.36. The smallest absolute Gasteiger partial charge is 0.344 e. The third-order valence-corrected chi connectivity index (χ3v) is 4.95. The molecule has 1 amide bonds. The predicted molar refractivity (Wildman–Crippen MR) is 109 cm³/mol. The average molecular weight is 435 g/mol. The Labute approximate surface area is 176 Å². The first-order valence-electron chi connectivity index (χ1n) is 8.99. The van der Waals surface area contributed by atoms with Crippen molar-refractivity contribution in [1.82, 2.24) is 4.57 Å².